The van der Waals surface area contributed by atoms with Gasteiger partial charge in [-0.3, -0.25) is 9.59 Å². The van der Waals surface area contributed by atoms with E-state index in [1.165, 1.54) is 6.34 Å². The van der Waals surface area contributed by atoms with Gasteiger partial charge in [-0.15, -0.1) is 0 Å². The molecule has 0 aliphatic carbocycles. The number of carbonyl (C=O) groups is 2. The van der Waals surface area contributed by atoms with Gasteiger partial charge in [0.25, 0.3) is 5.91 Å². The highest BCUT2D eigenvalue weighted by Gasteiger charge is 2.21. The van der Waals surface area contributed by atoms with Crippen molar-refractivity contribution in [3.8, 4) is 0 Å². The van der Waals surface area contributed by atoms with Gasteiger partial charge in [0.15, 0.2) is 0 Å². The molecule has 0 aliphatic heterocycles. The van der Waals surface area contributed by atoms with Gasteiger partial charge in [0.1, 0.15) is 12.4 Å². The number of aliphatic imine (C=N–C) groups is 1. The van der Waals surface area contributed by atoms with E-state index >= 15 is 0 Å². The van der Waals surface area contributed by atoms with E-state index in [1.54, 1.807) is 48.5 Å². The molecule has 154 valence electrons. The third-order valence-electron chi connectivity index (χ3n) is 3.70. The van der Waals surface area contributed by atoms with Gasteiger partial charge in [0.05, 0.1) is 11.9 Å². The van der Waals surface area contributed by atoms with Crippen LogP contribution in [0.4, 0.5) is 11.4 Å². The van der Waals surface area contributed by atoms with Crippen LogP contribution in [-0.4, -0.2) is 44.0 Å². The van der Waals surface area contributed by atoms with Crippen molar-refractivity contribution in [1.82, 2.24) is 10.1 Å². The summed E-state index contributed by atoms with van der Waals surface area (Å²) in [5.41, 5.74) is 4.31. The maximum atomic E-state index is 12.4. The number of benzene rings is 2. The smallest absolute Gasteiger partial charge is 0.322 e. The number of hydrazine groups is 1. The van der Waals surface area contributed by atoms with E-state index < -0.39 is 22.0 Å². The van der Waals surface area contributed by atoms with E-state index in [9.17, 15) is 18.0 Å². The van der Waals surface area contributed by atoms with Crippen LogP contribution >= 0.6 is 0 Å². The number of rotatable bonds is 9. The monoisotopic (exact) mass is 419 g/mol. The summed E-state index contributed by atoms with van der Waals surface area (Å²) in [5, 5.41) is 11.9. The highest BCUT2D eigenvalue weighted by molar-refractivity contribution is 7.88. The zero-order valence-electron chi connectivity index (χ0n) is 15.5. The second-order valence-corrected chi connectivity index (χ2v) is 7.89. The maximum Gasteiger partial charge on any atom is 0.322 e. The minimum Gasteiger partial charge on any atom is -0.480 e. The molecule has 0 heterocycles. The number of hydrogen-bond donors (Lipinski definition) is 5. The Kier molecular flexibility index (Phi) is 7.42. The molecular weight excluding hydrogens is 398 g/mol. The van der Waals surface area contributed by atoms with Crippen LogP contribution in [0.3, 0.4) is 0 Å². The van der Waals surface area contributed by atoms with Gasteiger partial charge in [0, 0.05) is 11.3 Å². The predicted molar refractivity (Wildman–Crippen MR) is 109 cm³/mol. The van der Waals surface area contributed by atoms with E-state index in [4.69, 9.17) is 10.9 Å². The van der Waals surface area contributed by atoms with Crippen molar-refractivity contribution in [2.24, 2.45) is 10.8 Å². The summed E-state index contributed by atoms with van der Waals surface area (Å²) in [5.74, 6) is 3.49. The molecule has 2 aromatic rings. The number of nitrogens with two attached hydrogens (primary N) is 1. The Labute approximate surface area is 167 Å². The van der Waals surface area contributed by atoms with Gasteiger partial charge < -0.3 is 15.8 Å². The average Bonchev–Trinajstić information content (AvgIpc) is 2.66. The zero-order chi connectivity index (χ0) is 21.4. The van der Waals surface area contributed by atoms with E-state index in [-0.39, 0.29) is 12.3 Å². The standard InChI is InChI=1S/C18H21N5O5S/c1-29(27,28)23-16(18(25)26)9-12-5-7-14(8-6-12)22-17(24)13-3-2-4-15(10-13)20-11-21-19/h2-8,10-11,16,23H,9,19H2,1H3,(H,20,21)(H,22,24)(H,25,26). The minimum atomic E-state index is -3.66. The number of amides is 1. The zero-order valence-corrected chi connectivity index (χ0v) is 16.3. The molecule has 0 bridgehead atoms. The van der Waals surface area contributed by atoms with E-state index in [1.807, 2.05) is 0 Å². The van der Waals surface area contributed by atoms with Gasteiger partial charge in [-0.25, -0.2) is 24.0 Å². The lowest BCUT2D eigenvalue weighted by molar-refractivity contribution is -0.138. The molecule has 0 saturated carbocycles. The molecule has 1 unspecified atom stereocenters. The fourth-order valence-electron chi connectivity index (χ4n) is 2.44. The molecule has 10 nitrogen and oxygen atoms in total. The molecule has 0 aromatic heterocycles. The molecule has 0 fully saturated rings. The first kappa shape index (κ1) is 22.0. The summed E-state index contributed by atoms with van der Waals surface area (Å²) < 4.78 is 24.6. The molecule has 0 aliphatic rings. The van der Waals surface area contributed by atoms with Crippen molar-refractivity contribution >= 4 is 39.6 Å². The largest absolute Gasteiger partial charge is 0.480 e. The molecule has 29 heavy (non-hydrogen) atoms. The minimum absolute atomic E-state index is 0.0359. The lowest BCUT2D eigenvalue weighted by atomic mass is 10.1. The van der Waals surface area contributed by atoms with Crippen molar-refractivity contribution in [3.05, 3.63) is 59.7 Å². The highest BCUT2D eigenvalue weighted by atomic mass is 32.2. The summed E-state index contributed by atoms with van der Waals surface area (Å²) in [7, 11) is -3.66. The van der Waals surface area contributed by atoms with Gasteiger partial charge in [0.2, 0.25) is 10.0 Å². The van der Waals surface area contributed by atoms with Gasteiger partial charge in [-0.05, 0) is 42.3 Å². The number of nitrogens with zero attached hydrogens (tertiary/aromatic N) is 1. The van der Waals surface area contributed by atoms with Crippen molar-refractivity contribution < 1.29 is 23.1 Å². The van der Waals surface area contributed by atoms with Crippen LogP contribution in [0, 0.1) is 0 Å². The van der Waals surface area contributed by atoms with Crippen molar-refractivity contribution in [3.63, 3.8) is 0 Å². The van der Waals surface area contributed by atoms with Crippen LogP contribution in [0.15, 0.2) is 53.5 Å². The molecule has 1 atom stereocenters. The Morgan fingerprint density at radius 2 is 1.90 bits per heavy atom. The van der Waals surface area contributed by atoms with Crippen LogP contribution in [0.1, 0.15) is 15.9 Å². The first-order valence-electron chi connectivity index (χ1n) is 8.37. The fourth-order valence-corrected chi connectivity index (χ4v) is 3.14. The number of carbonyl (C=O) groups excluding carboxylic acids is 1. The van der Waals surface area contributed by atoms with Crippen LogP contribution in [0.25, 0.3) is 0 Å². The molecule has 0 saturated heterocycles. The van der Waals surface area contributed by atoms with Gasteiger partial charge in [-0.2, -0.15) is 0 Å². The van der Waals surface area contributed by atoms with E-state index in [0.29, 0.717) is 22.5 Å². The van der Waals surface area contributed by atoms with Gasteiger partial charge >= 0.3 is 5.97 Å². The number of carboxylic acids is 1. The Bertz CT molecular complexity index is 1010. The molecule has 2 rings (SSSR count). The van der Waals surface area contributed by atoms with Crippen molar-refractivity contribution in [2.45, 2.75) is 12.5 Å². The molecule has 0 radical (unpaired) electrons. The predicted octanol–water partition coefficient (Wildman–Crippen LogP) is 0.607. The molecular formula is C18H21N5O5S. The number of aliphatic carboxylic acids is 1. The maximum absolute atomic E-state index is 12.4. The summed E-state index contributed by atoms with van der Waals surface area (Å²) >= 11 is 0. The van der Waals surface area contributed by atoms with E-state index in [0.717, 1.165) is 6.26 Å². The quantitative estimate of drug-likeness (QED) is 0.172. The normalized spacial score (nSPS) is 12.5. The highest BCUT2D eigenvalue weighted by Crippen LogP contribution is 2.16. The Morgan fingerprint density at radius 3 is 2.48 bits per heavy atom. The Balaban J connectivity index is 2.06. The Hall–Kier alpha value is -3.28. The molecule has 0 spiro atoms. The summed E-state index contributed by atoms with van der Waals surface area (Å²) in [6.07, 6.45) is 2.15. The molecule has 11 heteroatoms. The molecule has 1 amide bonds. The third-order valence-corrected chi connectivity index (χ3v) is 4.42. The number of anilines is 1. The Morgan fingerprint density at radius 1 is 1.21 bits per heavy atom. The lowest BCUT2D eigenvalue weighted by Gasteiger charge is -2.13. The second kappa shape index (κ2) is 9.78. The van der Waals surface area contributed by atoms with Crippen LogP contribution in [0.5, 0.6) is 0 Å². The fraction of sp³-hybridized carbons (Fsp3) is 0.167. The third kappa shape index (κ3) is 7.33. The molecule has 2 aromatic carbocycles. The van der Waals surface area contributed by atoms with E-state index in [2.05, 4.69) is 20.5 Å². The topological polar surface area (TPSA) is 163 Å². The van der Waals surface area contributed by atoms with Crippen LogP contribution in [0.2, 0.25) is 0 Å². The summed E-state index contributed by atoms with van der Waals surface area (Å²) in [6.45, 7) is 0. The van der Waals surface area contributed by atoms with Crippen LogP contribution in [-0.2, 0) is 21.2 Å². The SMILES string of the molecule is CS(=O)(=O)NC(Cc1ccc(NC(=O)c2cccc(N=CNN)c2)cc1)C(=O)O. The first-order valence-corrected chi connectivity index (χ1v) is 10.3. The summed E-state index contributed by atoms with van der Waals surface area (Å²) in [4.78, 5) is 27.6. The average molecular weight is 419 g/mol. The van der Waals surface area contributed by atoms with Crippen LogP contribution < -0.4 is 21.3 Å². The first-order chi connectivity index (χ1) is 13.7. The van der Waals surface area contributed by atoms with Crippen molar-refractivity contribution in [1.29, 1.82) is 0 Å². The number of carboxylic acid groups (broad SMARTS) is 1. The lowest BCUT2D eigenvalue weighted by Crippen LogP contribution is -2.41. The number of sulfonamides is 1. The van der Waals surface area contributed by atoms with Crippen molar-refractivity contribution in [2.75, 3.05) is 11.6 Å². The summed E-state index contributed by atoms with van der Waals surface area (Å²) in [6, 6.07) is 11.8. The number of hydrogen-bond acceptors (Lipinski definition) is 6. The second-order valence-electron chi connectivity index (χ2n) is 6.11. The molecule has 6 N–H and O–H groups in total. The van der Waals surface area contributed by atoms with Gasteiger partial charge in [-0.1, -0.05) is 18.2 Å². The number of nitrogens with one attached hydrogen (secondary N) is 3.